The van der Waals surface area contributed by atoms with Gasteiger partial charge in [-0.1, -0.05) is 28.9 Å². The van der Waals surface area contributed by atoms with Crippen molar-refractivity contribution in [1.29, 1.82) is 0 Å². The minimum absolute atomic E-state index is 0.616. The van der Waals surface area contributed by atoms with Crippen LogP contribution in [0.1, 0.15) is 17.3 Å². The molecule has 1 heterocycles. The standard InChI is InChI=1S/C14H18ClN5O/c1-10-19-13(21-20-10)6-7-17-14(16-2)18-9-11-4-3-5-12(15)8-11/h3-5,8H,6-7,9H2,1-2H3,(H2,16,17,18). The molecule has 0 aliphatic heterocycles. The molecular formula is C14H18ClN5O. The summed E-state index contributed by atoms with van der Waals surface area (Å²) in [5.41, 5.74) is 1.10. The highest BCUT2D eigenvalue weighted by atomic mass is 35.5. The number of hydrogen-bond donors (Lipinski definition) is 2. The second-order valence-electron chi connectivity index (χ2n) is 4.47. The molecule has 0 fully saturated rings. The van der Waals surface area contributed by atoms with Crippen molar-refractivity contribution in [3.8, 4) is 0 Å². The van der Waals surface area contributed by atoms with Crippen LogP contribution in [-0.2, 0) is 13.0 Å². The number of aryl methyl sites for hydroxylation is 1. The zero-order chi connectivity index (χ0) is 15.1. The first-order valence-corrected chi connectivity index (χ1v) is 7.03. The second kappa shape index (κ2) is 7.64. The predicted molar refractivity (Wildman–Crippen MR) is 82.4 cm³/mol. The molecule has 2 N–H and O–H groups in total. The number of aliphatic imine (C=N–C) groups is 1. The van der Waals surface area contributed by atoms with Gasteiger partial charge in [0.1, 0.15) is 0 Å². The molecule has 0 amide bonds. The van der Waals surface area contributed by atoms with Crippen molar-refractivity contribution >= 4 is 17.6 Å². The summed E-state index contributed by atoms with van der Waals surface area (Å²) < 4.78 is 5.05. The van der Waals surface area contributed by atoms with Crippen LogP contribution in [-0.4, -0.2) is 29.7 Å². The summed E-state index contributed by atoms with van der Waals surface area (Å²) in [7, 11) is 1.73. The first-order chi connectivity index (χ1) is 10.2. The lowest BCUT2D eigenvalue weighted by molar-refractivity contribution is 0.374. The van der Waals surface area contributed by atoms with E-state index in [4.69, 9.17) is 16.1 Å². The largest absolute Gasteiger partial charge is 0.356 e. The summed E-state index contributed by atoms with van der Waals surface area (Å²) in [5.74, 6) is 1.98. The van der Waals surface area contributed by atoms with Crippen molar-refractivity contribution in [2.75, 3.05) is 13.6 Å². The summed E-state index contributed by atoms with van der Waals surface area (Å²) >= 11 is 5.95. The Labute approximate surface area is 128 Å². The maximum atomic E-state index is 5.95. The van der Waals surface area contributed by atoms with Crippen molar-refractivity contribution in [3.63, 3.8) is 0 Å². The maximum Gasteiger partial charge on any atom is 0.228 e. The highest BCUT2D eigenvalue weighted by Crippen LogP contribution is 2.10. The monoisotopic (exact) mass is 307 g/mol. The maximum absolute atomic E-state index is 5.95. The van der Waals surface area contributed by atoms with Crippen molar-refractivity contribution in [2.24, 2.45) is 4.99 Å². The molecule has 0 unspecified atom stereocenters. The average molecular weight is 308 g/mol. The first-order valence-electron chi connectivity index (χ1n) is 6.65. The predicted octanol–water partition coefficient (Wildman–Crippen LogP) is 1.94. The van der Waals surface area contributed by atoms with Crippen LogP contribution in [0.25, 0.3) is 0 Å². The third-order valence-corrected chi connectivity index (χ3v) is 3.01. The SMILES string of the molecule is CN=C(NCCc1nc(C)no1)NCc1cccc(Cl)c1. The zero-order valence-corrected chi connectivity index (χ0v) is 12.8. The van der Waals surface area contributed by atoms with E-state index in [1.165, 1.54) is 0 Å². The Morgan fingerprint density at radius 2 is 2.24 bits per heavy atom. The lowest BCUT2D eigenvalue weighted by Gasteiger charge is -2.11. The first kappa shape index (κ1) is 15.3. The Balaban J connectivity index is 1.76. The van der Waals surface area contributed by atoms with Gasteiger partial charge < -0.3 is 15.2 Å². The molecule has 0 saturated carbocycles. The number of aromatic nitrogens is 2. The molecule has 2 aromatic rings. The summed E-state index contributed by atoms with van der Waals surface area (Å²) in [6.45, 7) is 3.11. The van der Waals surface area contributed by atoms with Crippen molar-refractivity contribution in [1.82, 2.24) is 20.8 Å². The fourth-order valence-electron chi connectivity index (χ4n) is 1.78. The zero-order valence-electron chi connectivity index (χ0n) is 12.1. The van der Waals surface area contributed by atoms with E-state index in [0.29, 0.717) is 37.2 Å². The third-order valence-electron chi connectivity index (χ3n) is 2.77. The van der Waals surface area contributed by atoms with Crippen molar-refractivity contribution < 1.29 is 4.52 Å². The molecule has 0 radical (unpaired) electrons. The summed E-state index contributed by atoms with van der Waals surface area (Å²) in [4.78, 5) is 8.30. The van der Waals surface area contributed by atoms with E-state index in [2.05, 4.69) is 25.8 Å². The third kappa shape index (κ3) is 5.07. The highest BCUT2D eigenvalue weighted by Gasteiger charge is 2.03. The van der Waals surface area contributed by atoms with Gasteiger partial charge in [0.25, 0.3) is 0 Å². The molecule has 21 heavy (non-hydrogen) atoms. The Morgan fingerprint density at radius 3 is 2.90 bits per heavy atom. The van der Waals surface area contributed by atoms with Crippen LogP contribution < -0.4 is 10.6 Å². The highest BCUT2D eigenvalue weighted by molar-refractivity contribution is 6.30. The normalized spacial score (nSPS) is 11.5. The molecule has 7 heteroatoms. The van der Waals surface area contributed by atoms with Gasteiger partial charge in [-0.15, -0.1) is 0 Å². The smallest absolute Gasteiger partial charge is 0.228 e. The summed E-state index contributed by atoms with van der Waals surface area (Å²) in [6.07, 6.45) is 0.651. The minimum atomic E-state index is 0.616. The average Bonchev–Trinajstić information content (AvgIpc) is 2.88. The number of nitrogens with zero attached hydrogens (tertiary/aromatic N) is 3. The number of halogens is 1. The van der Waals surface area contributed by atoms with Gasteiger partial charge in [0.05, 0.1) is 0 Å². The lowest BCUT2D eigenvalue weighted by atomic mass is 10.2. The van der Waals surface area contributed by atoms with E-state index >= 15 is 0 Å². The lowest BCUT2D eigenvalue weighted by Crippen LogP contribution is -2.37. The van der Waals surface area contributed by atoms with Crippen LogP contribution in [0.4, 0.5) is 0 Å². The Bertz CT molecular complexity index is 611. The summed E-state index contributed by atoms with van der Waals surface area (Å²) in [6, 6.07) is 7.70. The van der Waals surface area contributed by atoms with Crippen molar-refractivity contribution in [3.05, 3.63) is 46.6 Å². The molecule has 0 spiro atoms. The molecule has 1 aromatic carbocycles. The van der Waals surface area contributed by atoms with Gasteiger partial charge in [-0.2, -0.15) is 4.98 Å². The van der Waals surface area contributed by atoms with Gasteiger partial charge in [0.15, 0.2) is 11.8 Å². The van der Waals surface area contributed by atoms with E-state index in [9.17, 15) is 0 Å². The number of benzene rings is 1. The Morgan fingerprint density at radius 1 is 1.38 bits per heavy atom. The van der Waals surface area contributed by atoms with Crippen molar-refractivity contribution in [2.45, 2.75) is 19.9 Å². The topological polar surface area (TPSA) is 75.3 Å². The van der Waals surface area contributed by atoms with Gasteiger partial charge in [-0.3, -0.25) is 4.99 Å². The number of nitrogens with one attached hydrogen (secondary N) is 2. The summed E-state index contributed by atoms with van der Waals surface area (Å²) in [5, 5.41) is 10.9. The Hall–Kier alpha value is -2.08. The van der Waals surface area contributed by atoms with Crippen LogP contribution in [0.3, 0.4) is 0 Å². The quantitative estimate of drug-likeness (QED) is 0.652. The van der Waals surface area contributed by atoms with E-state index in [0.717, 1.165) is 10.6 Å². The number of hydrogen-bond acceptors (Lipinski definition) is 4. The molecule has 0 saturated heterocycles. The number of guanidine groups is 1. The van der Waals surface area contributed by atoms with E-state index in [-0.39, 0.29) is 0 Å². The van der Waals surface area contributed by atoms with Gasteiger partial charge in [-0.25, -0.2) is 0 Å². The van der Waals surface area contributed by atoms with E-state index in [1.807, 2.05) is 24.3 Å². The fourth-order valence-corrected chi connectivity index (χ4v) is 2.00. The molecule has 0 atom stereocenters. The van der Waals surface area contributed by atoms with Gasteiger partial charge in [0, 0.05) is 31.6 Å². The van der Waals surface area contributed by atoms with Gasteiger partial charge >= 0.3 is 0 Å². The van der Waals surface area contributed by atoms with Crippen LogP contribution >= 0.6 is 11.6 Å². The van der Waals surface area contributed by atoms with Gasteiger partial charge in [-0.05, 0) is 24.6 Å². The van der Waals surface area contributed by atoms with Crippen LogP contribution in [0.5, 0.6) is 0 Å². The fraction of sp³-hybridized carbons (Fsp3) is 0.357. The van der Waals surface area contributed by atoms with E-state index < -0.39 is 0 Å². The van der Waals surface area contributed by atoms with Crippen LogP contribution in [0, 0.1) is 6.92 Å². The van der Waals surface area contributed by atoms with Crippen LogP contribution in [0.15, 0.2) is 33.8 Å². The second-order valence-corrected chi connectivity index (χ2v) is 4.90. The molecule has 2 rings (SSSR count). The van der Waals surface area contributed by atoms with Gasteiger partial charge in [0.2, 0.25) is 5.89 Å². The molecule has 6 nitrogen and oxygen atoms in total. The molecular weight excluding hydrogens is 290 g/mol. The Kier molecular flexibility index (Phi) is 5.57. The molecule has 0 bridgehead atoms. The molecule has 112 valence electrons. The molecule has 1 aromatic heterocycles. The number of rotatable bonds is 5. The minimum Gasteiger partial charge on any atom is -0.356 e. The molecule has 0 aliphatic carbocycles. The van der Waals surface area contributed by atoms with Crippen LogP contribution in [0.2, 0.25) is 5.02 Å². The molecule has 0 aliphatic rings. The van der Waals surface area contributed by atoms with E-state index in [1.54, 1.807) is 14.0 Å².